The van der Waals surface area contributed by atoms with Crippen LogP contribution in [-0.4, -0.2) is 33.2 Å². The lowest BCUT2D eigenvalue weighted by atomic mass is 10.1. The highest BCUT2D eigenvalue weighted by Crippen LogP contribution is 2.39. The molecular weight excluding hydrogens is 358 g/mol. The lowest BCUT2D eigenvalue weighted by Gasteiger charge is -2.12. The minimum atomic E-state index is -0.547. The van der Waals surface area contributed by atoms with Crippen LogP contribution in [0.4, 0.5) is 0 Å². The van der Waals surface area contributed by atoms with E-state index in [9.17, 15) is 4.79 Å². The van der Waals surface area contributed by atoms with Crippen molar-refractivity contribution in [1.82, 2.24) is 0 Å². The number of nitrogens with zero attached hydrogens (tertiary/aromatic N) is 1. The van der Waals surface area contributed by atoms with Crippen LogP contribution in [0.25, 0.3) is 6.08 Å². The molecule has 6 nitrogen and oxygen atoms in total. The molecule has 0 aliphatic carbocycles. The molecule has 0 fully saturated rings. The van der Waals surface area contributed by atoms with Crippen LogP contribution in [0.5, 0.6) is 17.2 Å². The molecule has 1 aliphatic rings. The van der Waals surface area contributed by atoms with Crippen molar-refractivity contribution in [1.29, 1.82) is 0 Å². The predicted octanol–water partition coefficient (Wildman–Crippen LogP) is 3.71. The van der Waals surface area contributed by atoms with E-state index in [0.717, 1.165) is 0 Å². The van der Waals surface area contributed by atoms with Crippen molar-refractivity contribution in [2.45, 2.75) is 0 Å². The number of esters is 1. The second kappa shape index (κ2) is 7.49. The maximum Gasteiger partial charge on any atom is 0.363 e. The van der Waals surface area contributed by atoms with Crippen molar-refractivity contribution < 1.29 is 23.7 Å². The van der Waals surface area contributed by atoms with Crippen LogP contribution >= 0.6 is 11.6 Å². The minimum absolute atomic E-state index is 0.161. The van der Waals surface area contributed by atoms with Crippen molar-refractivity contribution in [3.63, 3.8) is 0 Å². The summed E-state index contributed by atoms with van der Waals surface area (Å²) in [5.41, 5.74) is 1.44. The fourth-order valence-electron chi connectivity index (χ4n) is 2.50. The molecule has 2 aromatic rings. The molecule has 1 aliphatic heterocycles. The van der Waals surface area contributed by atoms with Gasteiger partial charge in [-0.05, 0) is 42.0 Å². The van der Waals surface area contributed by atoms with Crippen LogP contribution in [-0.2, 0) is 9.53 Å². The zero-order chi connectivity index (χ0) is 18.7. The summed E-state index contributed by atoms with van der Waals surface area (Å²) in [7, 11) is 4.56. The molecule has 0 aromatic heterocycles. The monoisotopic (exact) mass is 373 g/mol. The van der Waals surface area contributed by atoms with Crippen LogP contribution in [0.3, 0.4) is 0 Å². The van der Waals surface area contributed by atoms with E-state index in [1.807, 2.05) is 0 Å². The lowest BCUT2D eigenvalue weighted by molar-refractivity contribution is -0.129. The van der Waals surface area contributed by atoms with Gasteiger partial charge in [-0.2, -0.15) is 0 Å². The highest BCUT2D eigenvalue weighted by Gasteiger charge is 2.24. The van der Waals surface area contributed by atoms with Gasteiger partial charge in [0, 0.05) is 10.6 Å². The summed E-state index contributed by atoms with van der Waals surface area (Å²) < 4.78 is 21.2. The quantitative estimate of drug-likeness (QED) is 0.590. The number of benzene rings is 2. The second-order valence-corrected chi connectivity index (χ2v) is 5.74. The minimum Gasteiger partial charge on any atom is -0.493 e. The molecule has 26 heavy (non-hydrogen) atoms. The third kappa shape index (κ3) is 3.50. The lowest BCUT2D eigenvalue weighted by Crippen LogP contribution is -2.05. The number of carbonyl (C=O) groups excluding carboxylic acids is 1. The Balaban J connectivity index is 2.00. The Labute approximate surface area is 155 Å². The van der Waals surface area contributed by atoms with Crippen LogP contribution in [0.2, 0.25) is 5.02 Å². The number of ether oxygens (including phenoxy) is 4. The number of methoxy groups -OCH3 is 3. The van der Waals surface area contributed by atoms with Gasteiger partial charge in [-0.3, -0.25) is 0 Å². The Morgan fingerprint density at radius 1 is 1.04 bits per heavy atom. The summed E-state index contributed by atoms with van der Waals surface area (Å²) in [6.45, 7) is 0. The molecule has 0 atom stereocenters. The van der Waals surface area contributed by atoms with Gasteiger partial charge in [-0.15, -0.1) is 0 Å². The first-order valence-electron chi connectivity index (χ1n) is 7.64. The van der Waals surface area contributed by atoms with E-state index in [2.05, 4.69) is 4.99 Å². The van der Waals surface area contributed by atoms with E-state index >= 15 is 0 Å². The van der Waals surface area contributed by atoms with Crippen LogP contribution in [0.15, 0.2) is 47.1 Å². The van der Waals surface area contributed by atoms with Crippen molar-refractivity contribution in [2.75, 3.05) is 21.3 Å². The molecule has 1 heterocycles. The molecule has 134 valence electrons. The zero-order valence-electron chi connectivity index (χ0n) is 14.4. The van der Waals surface area contributed by atoms with Gasteiger partial charge in [0.1, 0.15) is 0 Å². The number of rotatable bonds is 5. The third-order valence-corrected chi connectivity index (χ3v) is 3.92. The summed E-state index contributed by atoms with van der Waals surface area (Å²) in [6.07, 6.45) is 1.59. The Morgan fingerprint density at radius 3 is 2.31 bits per heavy atom. The van der Waals surface area contributed by atoms with Gasteiger partial charge in [0.2, 0.25) is 11.6 Å². The summed E-state index contributed by atoms with van der Waals surface area (Å²) in [6, 6.07) is 10.4. The molecule has 3 rings (SSSR count). The van der Waals surface area contributed by atoms with Gasteiger partial charge in [0.25, 0.3) is 0 Å². The van der Waals surface area contributed by atoms with Crippen molar-refractivity contribution >= 4 is 29.5 Å². The van der Waals surface area contributed by atoms with E-state index in [1.54, 1.807) is 42.5 Å². The normalized spacial score (nSPS) is 14.8. The first-order chi connectivity index (χ1) is 12.5. The summed E-state index contributed by atoms with van der Waals surface area (Å²) in [5.74, 6) is 1.08. The molecule has 0 N–H and O–H groups in total. The summed E-state index contributed by atoms with van der Waals surface area (Å²) >= 11 is 5.97. The maximum atomic E-state index is 12.2. The summed E-state index contributed by atoms with van der Waals surface area (Å²) in [5, 5.41) is 0.531. The van der Waals surface area contributed by atoms with Gasteiger partial charge in [-0.1, -0.05) is 17.7 Å². The summed E-state index contributed by atoms with van der Waals surface area (Å²) in [4.78, 5) is 16.4. The number of hydrogen-bond donors (Lipinski definition) is 0. The van der Waals surface area contributed by atoms with Gasteiger partial charge in [-0.25, -0.2) is 9.79 Å². The number of hydrogen-bond acceptors (Lipinski definition) is 6. The molecule has 0 radical (unpaired) electrons. The van der Waals surface area contributed by atoms with Gasteiger partial charge >= 0.3 is 5.97 Å². The highest BCUT2D eigenvalue weighted by atomic mass is 35.5. The SMILES string of the molecule is COc1cc(/C=C2\N=C(c3cccc(Cl)c3)OC2=O)cc(OC)c1OC. The van der Waals surface area contributed by atoms with Crippen LogP contribution in [0.1, 0.15) is 11.1 Å². The standard InChI is InChI=1S/C19H16ClNO5/c1-23-15-8-11(9-16(24-2)17(15)25-3)7-14-19(22)26-18(21-14)12-5-4-6-13(20)10-12/h4-10H,1-3H3/b14-7-. The van der Waals surface area contributed by atoms with Crippen molar-refractivity contribution in [3.8, 4) is 17.2 Å². The number of cyclic esters (lactones) is 1. The van der Waals surface area contributed by atoms with E-state index < -0.39 is 5.97 Å². The van der Waals surface area contributed by atoms with Gasteiger partial charge in [0.15, 0.2) is 17.2 Å². The second-order valence-electron chi connectivity index (χ2n) is 5.31. The molecule has 0 amide bonds. The van der Waals surface area contributed by atoms with E-state index in [-0.39, 0.29) is 11.6 Å². The van der Waals surface area contributed by atoms with Gasteiger partial charge < -0.3 is 18.9 Å². The highest BCUT2D eigenvalue weighted by molar-refractivity contribution is 6.31. The van der Waals surface area contributed by atoms with Crippen molar-refractivity contribution in [2.24, 2.45) is 4.99 Å². The largest absolute Gasteiger partial charge is 0.493 e. The molecule has 2 aromatic carbocycles. The average Bonchev–Trinajstić information content (AvgIpc) is 3.01. The van der Waals surface area contributed by atoms with Gasteiger partial charge in [0.05, 0.1) is 21.3 Å². The van der Waals surface area contributed by atoms with Crippen molar-refractivity contribution in [3.05, 3.63) is 58.2 Å². The topological polar surface area (TPSA) is 66.4 Å². The average molecular weight is 374 g/mol. The smallest absolute Gasteiger partial charge is 0.363 e. The molecule has 7 heteroatoms. The molecule has 0 unspecified atom stereocenters. The Hall–Kier alpha value is -2.99. The van der Waals surface area contributed by atoms with E-state index in [0.29, 0.717) is 33.4 Å². The Kier molecular flexibility index (Phi) is 5.14. The maximum absolute atomic E-state index is 12.2. The Bertz CT molecular complexity index is 895. The van der Waals surface area contributed by atoms with E-state index in [4.69, 9.17) is 30.5 Å². The predicted molar refractivity (Wildman–Crippen MR) is 98.2 cm³/mol. The number of aliphatic imine (C=N–C) groups is 1. The van der Waals surface area contributed by atoms with Crippen LogP contribution in [0, 0.1) is 0 Å². The first-order valence-corrected chi connectivity index (χ1v) is 8.02. The number of carbonyl (C=O) groups is 1. The fourth-order valence-corrected chi connectivity index (χ4v) is 2.69. The number of halogens is 1. The van der Waals surface area contributed by atoms with E-state index in [1.165, 1.54) is 21.3 Å². The molecular formula is C19H16ClNO5. The Morgan fingerprint density at radius 2 is 1.73 bits per heavy atom. The first kappa shape index (κ1) is 17.8. The molecule has 0 bridgehead atoms. The zero-order valence-corrected chi connectivity index (χ0v) is 15.2. The fraction of sp³-hybridized carbons (Fsp3) is 0.158. The molecule has 0 spiro atoms. The molecule has 0 saturated carbocycles. The van der Waals surface area contributed by atoms with Crippen LogP contribution < -0.4 is 14.2 Å². The molecule has 0 saturated heterocycles. The third-order valence-electron chi connectivity index (χ3n) is 3.68.